The maximum Gasteiger partial charge on any atom is 0.326 e. The van der Waals surface area contributed by atoms with Gasteiger partial charge >= 0.3 is 5.97 Å². The second-order valence-corrected chi connectivity index (χ2v) is 4.37. The van der Waals surface area contributed by atoms with Crippen LogP contribution in [0.2, 0.25) is 0 Å². The molecule has 0 radical (unpaired) electrons. The van der Waals surface area contributed by atoms with Crippen LogP contribution in [0.4, 0.5) is 0 Å². The van der Waals surface area contributed by atoms with Crippen molar-refractivity contribution in [2.75, 3.05) is 0 Å². The molecule has 1 atom stereocenters. The molecule has 94 valence electrons. The number of hydrogen-bond acceptors (Lipinski definition) is 3. The Morgan fingerprint density at radius 3 is 2.41 bits per heavy atom. The maximum absolute atomic E-state index is 11.8. The van der Waals surface area contributed by atoms with Crippen molar-refractivity contribution in [1.82, 2.24) is 15.1 Å². The molecule has 1 amide bonds. The minimum Gasteiger partial charge on any atom is -0.480 e. The molecule has 0 aromatic carbocycles. The number of amides is 1. The molecule has 0 saturated heterocycles. The molecule has 6 nitrogen and oxygen atoms in total. The Bertz CT molecular complexity index is 437. The first-order chi connectivity index (χ1) is 7.82. The fourth-order valence-electron chi connectivity index (χ4n) is 1.55. The zero-order chi connectivity index (χ0) is 13.2. The molecule has 2 N–H and O–H groups in total. The van der Waals surface area contributed by atoms with E-state index in [9.17, 15) is 9.59 Å². The number of aryl methyl sites for hydroxylation is 2. The Balaban J connectivity index is 2.85. The Labute approximate surface area is 99.6 Å². The molecule has 17 heavy (non-hydrogen) atoms. The van der Waals surface area contributed by atoms with E-state index in [4.69, 9.17) is 5.11 Å². The van der Waals surface area contributed by atoms with Crippen molar-refractivity contribution in [2.45, 2.75) is 26.8 Å². The second kappa shape index (κ2) is 4.99. The number of nitrogens with zero attached hydrogens (tertiary/aromatic N) is 2. The summed E-state index contributed by atoms with van der Waals surface area (Å²) in [6.45, 7) is 5.24. The molecular formula is C11H17N3O3. The van der Waals surface area contributed by atoms with Crippen molar-refractivity contribution in [3.8, 4) is 0 Å². The zero-order valence-electron chi connectivity index (χ0n) is 10.4. The molecule has 1 heterocycles. The highest BCUT2D eigenvalue weighted by atomic mass is 16.4. The van der Waals surface area contributed by atoms with Gasteiger partial charge in [0.15, 0.2) is 5.69 Å². The topological polar surface area (TPSA) is 84.2 Å². The summed E-state index contributed by atoms with van der Waals surface area (Å²) in [7, 11) is 1.71. The van der Waals surface area contributed by atoms with Gasteiger partial charge in [0, 0.05) is 18.8 Å². The fourth-order valence-corrected chi connectivity index (χ4v) is 1.55. The van der Waals surface area contributed by atoms with Crippen LogP contribution in [0.5, 0.6) is 0 Å². The number of aromatic nitrogens is 2. The summed E-state index contributed by atoms with van der Waals surface area (Å²) in [5.74, 6) is -1.67. The molecule has 0 unspecified atom stereocenters. The van der Waals surface area contributed by atoms with Gasteiger partial charge in [-0.25, -0.2) is 4.79 Å². The molecule has 0 aliphatic rings. The van der Waals surface area contributed by atoms with Crippen LogP contribution in [0.3, 0.4) is 0 Å². The van der Waals surface area contributed by atoms with Gasteiger partial charge in [-0.05, 0) is 12.8 Å². The van der Waals surface area contributed by atoms with Gasteiger partial charge in [0.25, 0.3) is 5.91 Å². The van der Waals surface area contributed by atoms with E-state index in [1.807, 2.05) is 0 Å². The van der Waals surface area contributed by atoms with E-state index in [1.54, 1.807) is 34.0 Å². The number of carboxylic acid groups (broad SMARTS) is 1. The molecule has 0 saturated carbocycles. The van der Waals surface area contributed by atoms with E-state index in [2.05, 4.69) is 10.4 Å². The molecule has 0 spiro atoms. The Morgan fingerprint density at radius 1 is 1.47 bits per heavy atom. The zero-order valence-corrected chi connectivity index (χ0v) is 10.4. The van der Waals surface area contributed by atoms with Gasteiger partial charge in [0.1, 0.15) is 6.04 Å². The normalized spacial score (nSPS) is 12.5. The first-order valence-corrected chi connectivity index (χ1v) is 5.36. The number of carbonyl (C=O) groups is 2. The third-order valence-electron chi connectivity index (χ3n) is 2.45. The van der Waals surface area contributed by atoms with E-state index in [-0.39, 0.29) is 11.6 Å². The highest BCUT2D eigenvalue weighted by molar-refractivity contribution is 5.96. The number of hydrogen-bond donors (Lipinski definition) is 2. The number of carboxylic acids is 1. The summed E-state index contributed by atoms with van der Waals surface area (Å²) in [4.78, 5) is 22.8. The van der Waals surface area contributed by atoms with Gasteiger partial charge in [-0.1, -0.05) is 13.8 Å². The lowest BCUT2D eigenvalue weighted by Gasteiger charge is -2.17. The number of rotatable bonds is 4. The highest BCUT2D eigenvalue weighted by Gasteiger charge is 2.25. The van der Waals surface area contributed by atoms with Crippen LogP contribution in [0.1, 0.15) is 29.9 Å². The molecule has 0 fully saturated rings. The third-order valence-corrected chi connectivity index (χ3v) is 2.45. The average molecular weight is 239 g/mol. The lowest BCUT2D eigenvalue weighted by atomic mass is 10.0. The van der Waals surface area contributed by atoms with Crippen LogP contribution in [0.25, 0.3) is 0 Å². The van der Waals surface area contributed by atoms with Gasteiger partial charge in [0.05, 0.1) is 0 Å². The summed E-state index contributed by atoms with van der Waals surface area (Å²) in [5.41, 5.74) is 0.984. The lowest BCUT2D eigenvalue weighted by Crippen LogP contribution is -2.44. The molecule has 6 heteroatoms. The minimum absolute atomic E-state index is 0.180. The SMILES string of the molecule is Cc1cn(C)nc1C(=O)N[C@H](C(=O)O)C(C)C. The third kappa shape index (κ3) is 3.05. The Hall–Kier alpha value is -1.85. The van der Waals surface area contributed by atoms with Crippen LogP contribution >= 0.6 is 0 Å². The second-order valence-electron chi connectivity index (χ2n) is 4.37. The van der Waals surface area contributed by atoms with Crippen molar-refractivity contribution >= 4 is 11.9 Å². The summed E-state index contributed by atoms with van der Waals surface area (Å²) in [6, 6.07) is -0.899. The fraction of sp³-hybridized carbons (Fsp3) is 0.545. The lowest BCUT2D eigenvalue weighted by molar-refractivity contribution is -0.140. The van der Waals surface area contributed by atoms with Gasteiger partial charge in [-0.15, -0.1) is 0 Å². The van der Waals surface area contributed by atoms with E-state index < -0.39 is 17.9 Å². The average Bonchev–Trinajstić information content (AvgIpc) is 2.53. The Morgan fingerprint density at radius 2 is 2.06 bits per heavy atom. The van der Waals surface area contributed by atoms with E-state index in [0.29, 0.717) is 0 Å². The molecule has 0 aliphatic heterocycles. The van der Waals surface area contributed by atoms with E-state index in [1.165, 1.54) is 4.68 Å². The summed E-state index contributed by atoms with van der Waals surface area (Å²) >= 11 is 0. The van der Waals surface area contributed by atoms with Crippen molar-refractivity contribution in [2.24, 2.45) is 13.0 Å². The smallest absolute Gasteiger partial charge is 0.326 e. The molecule has 1 aromatic rings. The molecule has 1 rings (SSSR count). The predicted octanol–water partition coefficient (Wildman–Crippen LogP) is 0.568. The highest BCUT2D eigenvalue weighted by Crippen LogP contribution is 2.07. The maximum atomic E-state index is 11.8. The molecule has 1 aromatic heterocycles. The molecule has 0 aliphatic carbocycles. The number of aliphatic carboxylic acids is 1. The first-order valence-electron chi connectivity index (χ1n) is 5.36. The van der Waals surface area contributed by atoms with Crippen LogP contribution in [-0.2, 0) is 11.8 Å². The standard InChI is InChI=1S/C11H17N3O3/c1-6(2)8(11(16)17)12-10(15)9-7(3)5-14(4)13-9/h5-6,8H,1-4H3,(H,12,15)(H,16,17)/t8-/m0/s1. The van der Waals surface area contributed by atoms with Gasteiger partial charge in [-0.2, -0.15) is 5.10 Å². The quantitative estimate of drug-likeness (QED) is 0.804. The van der Waals surface area contributed by atoms with Gasteiger partial charge in [-0.3, -0.25) is 9.48 Å². The van der Waals surface area contributed by atoms with Crippen LogP contribution in [-0.4, -0.2) is 32.8 Å². The van der Waals surface area contributed by atoms with Crippen molar-refractivity contribution in [3.63, 3.8) is 0 Å². The summed E-state index contributed by atoms with van der Waals surface area (Å²) < 4.78 is 1.52. The molecular weight excluding hydrogens is 222 g/mol. The van der Waals surface area contributed by atoms with E-state index in [0.717, 1.165) is 5.56 Å². The van der Waals surface area contributed by atoms with Crippen LogP contribution < -0.4 is 5.32 Å². The number of nitrogens with one attached hydrogen (secondary N) is 1. The largest absolute Gasteiger partial charge is 0.480 e. The predicted molar refractivity (Wildman–Crippen MR) is 61.7 cm³/mol. The Kier molecular flexibility index (Phi) is 3.88. The van der Waals surface area contributed by atoms with Crippen molar-refractivity contribution in [1.29, 1.82) is 0 Å². The minimum atomic E-state index is -1.04. The molecule has 0 bridgehead atoms. The van der Waals surface area contributed by atoms with Crippen molar-refractivity contribution in [3.05, 3.63) is 17.5 Å². The monoisotopic (exact) mass is 239 g/mol. The van der Waals surface area contributed by atoms with Gasteiger partial charge in [0.2, 0.25) is 0 Å². The van der Waals surface area contributed by atoms with E-state index >= 15 is 0 Å². The number of carbonyl (C=O) groups excluding carboxylic acids is 1. The summed E-state index contributed by atoms with van der Waals surface area (Å²) in [5, 5.41) is 15.4. The van der Waals surface area contributed by atoms with Crippen LogP contribution in [0, 0.1) is 12.8 Å². The van der Waals surface area contributed by atoms with Gasteiger partial charge < -0.3 is 10.4 Å². The first kappa shape index (κ1) is 13.2. The van der Waals surface area contributed by atoms with Crippen molar-refractivity contribution < 1.29 is 14.7 Å². The summed E-state index contributed by atoms with van der Waals surface area (Å²) in [6.07, 6.45) is 1.71. The van der Waals surface area contributed by atoms with Crippen LogP contribution in [0.15, 0.2) is 6.20 Å².